The van der Waals surface area contributed by atoms with E-state index in [0.29, 0.717) is 22.1 Å². The minimum absolute atomic E-state index is 0.0185. The zero-order chi connectivity index (χ0) is 21.1. The van der Waals surface area contributed by atoms with Crippen molar-refractivity contribution in [3.05, 3.63) is 71.1 Å². The van der Waals surface area contributed by atoms with Crippen LogP contribution in [0.1, 0.15) is 22.8 Å². The molecule has 7 heteroatoms. The van der Waals surface area contributed by atoms with Crippen LogP contribution in [0.5, 0.6) is 11.5 Å². The van der Waals surface area contributed by atoms with Gasteiger partial charge in [0.05, 0.1) is 23.0 Å². The standard InChI is InChI=1S/C23H23ClN4O2/c1-3-15-8-16(4-5-21(15)23(29)27-18-13-28(2)14-18)22-10-19(6-7-26-22)30-20-9-17(24)11-25-12-20/h4-12,18H,3,13-14H2,1-2H3,(H,27,29). The average molecular weight is 423 g/mol. The summed E-state index contributed by atoms with van der Waals surface area (Å²) in [6, 6.07) is 11.4. The summed E-state index contributed by atoms with van der Waals surface area (Å²) in [5.74, 6) is 1.18. The van der Waals surface area contributed by atoms with Gasteiger partial charge in [-0.2, -0.15) is 0 Å². The zero-order valence-corrected chi connectivity index (χ0v) is 17.7. The fraction of sp³-hybridized carbons (Fsp3) is 0.261. The molecule has 1 fully saturated rings. The molecule has 0 spiro atoms. The predicted octanol–water partition coefficient (Wildman–Crippen LogP) is 4.20. The van der Waals surface area contributed by atoms with Crippen LogP contribution >= 0.6 is 11.6 Å². The highest BCUT2D eigenvalue weighted by Gasteiger charge is 2.25. The molecule has 0 bridgehead atoms. The Kier molecular flexibility index (Phi) is 5.97. The van der Waals surface area contributed by atoms with Crippen molar-refractivity contribution in [2.24, 2.45) is 0 Å². The van der Waals surface area contributed by atoms with E-state index in [0.717, 1.165) is 36.3 Å². The van der Waals surface area contributed by atoms with Gasteiger partial charge in [-0.3, -0.25) is 14.8 Å². The lowest BCUT2D eigenvalue weighted by molar-refractivity contribution is 0.0857. The molecule has 0 saturated carbocycles. The van der Waals surface area contributed by atoms with E-state index in [9.17, 15) is 4.79 Å². The van der Waals surface area contributed by atoms with Gasteiger partial charge in [0, 0.05) is 48.7 Å². The van der Waals surface area contributed by atoms with Crippen LogP contribution in [0.25, 0.3) is 11.3 Å². The molecule has 0 aliphatic carbocycles. The van der Waals surface area contributed by atoms with Crippen LogP contribution in [0.4, 0.5) is 0 Å². The second-order valence-electron chi connectivity index (χ2n) is 7.43. The first-order chi connectivity index (χ1) is 14.5. The molecule has 3 heterocycles. The number of amides is 1. The van der Waals surface area contributed by atoms with Crippen LogP contribution in [-0.4, -0.2) is 47.0 Å². The molecule has 4 rings (SSSR count). The maximum atomic E-state index is 12.7. The van der Waals surface area contributed by atoms with Crippen LogP contribution in [0.3, 0.4) is 0 Å². The normalized spacial score (nSPS) is 14.2. The molecule has 0 atom stereocenters. The highest BCUT2D eigenvalue weighted by molar-refractivity contribution is 6.30. The third-order valence-corrected chi connectivity index (χ3v) is 5.28. The van der Waals surface area contributed by atoms with Crippen molar-refractivity contribution in [3.8, 4) is 22.8 Å². The third kappa shape index (κ3) is 4.61. The molecule has 0 unspecified atom stereocenters. The lowest BCUT2D eigenvalue weighted by Gasteiger charge is -2.36. The first-order valence-electron chi connectivity index (χ1n) is 9.89. The average Bonchev–Trinajstić information content (AvgIpc) is 2.72. The summed E-state index contributed by atoms with van der Waals surface area (Å²) in [4.78, 5) is 23.4. The summed E-state index contributed by atoms with van der Waals surface area (Å²) in [5.41, 5.74) is 3.41. The number of nitrogens with one attached hydrogen (secondary N) is 1. The second-order valence-corrected chi connectivity index (χ2v) is 7.87. The second kappa shape index (κ2) is 8.81. The van der Waals surface area contributed by atoms with Crippen molar-refractivity contribution >= 4 is 17.5 Å². The third-order valence-electron chi connectivity index (χ3n) is 5.07. The van der Waals surface area contributed by atoms with Gasteiger partial charge in [-0.1, -0.05) is 24.6 Å². The molecule has 1 N–H and O–H groups in total. The van der Waals surface area contributed by atoms with Crippen molar-refractivity contribution in [2.75, 3.05) is 20.1 Å². The highest BCUT2D eigenvalue weighted by atomic mass is 35.5. The molecule has 0 radical (unpaired) electrons. The minimum Gasteiger partial charge on any atom is -0.456 e. The number of nitrogens with zero attached hydrogens (tertiary/aromatic N) is 3. The molecule has 1 saturated heterocycles. The molecular weight excluding hydrogens is 400 g/mol. The number of aromatic nitrogens is 2. The predicted molar refractivity (Wildman–Crippen MR) is 117 cm³/mol. The first-order valence-corrected chi connectivity index (χ1v) is 10.3. The number of hydrogen-bond donors (Lipinski definition) is 1. The summed E-state index contributed by atoms with van der Waals surface area (Å²) >= 11 is 5.97. The van der Waals surface area contributed by atoms with Gasteiger partial charge in [0.15, 0.2) is 0 Å². The molecule has 3 aromatic rings. The van der Waals surface area contributed by atoms with Crippen molar-refractivity contribution < 1.29 is 9.53 Å². The van der Waals surface area contributed by atoms with Gasteiger partial charge >= 0.3 is 0 Å². The molecule has 1 aromatic carbocycles. The summed E-state index contributed by atoms with van der Waals surface area (Å²) in [6.45, 7) is 3.83. The zero-order valence-electron chi connectivity index (χ0n) is 16.9. The molecular formula is C23H23ClN4O2. The first kappa shape index (κ1) is 20.3. The van der Waals surface area contributed by atoms with E-state index in [1.54, 1.807) is 30.7 Å². The summed E-state index contributed by atoms with van der Waals surface area (Å²) in [7, 11) is 2.04. The maximum Gasteiger partial charge on any atom is 0.251 e. The molecule has 2 aromatic heterocycles. The SMILES string of the molecule is CCc1cc(-c2cc(Oc3cncc(Cl)c3)ccn2)ccc1C(=O)NC1CN(C)C1. The van der Waals surface area contributed by atoms with E-state index < -0.39 is 0 Å². The Hall–Kier alpha value is -2.96. The monoisotopic (exact) mass is 422 g/mol. The summed E-state index contributed by atoms with van der Waals surface area (Å²) < 4.78 is 5.86. The van der Waals surface area contributed by atoms with Gasteiger partial charge in [-0.15, -0.1) is 0 Å². The fourth-order valence-corrected chi connectivity index (χ4v) is 3.70. The number of likely N-dealkylation sites (tertiary alicyclic amines) is 1. The number of benzene rings is 1. The van der Waals surface area contributed by atoms with E-state index in [4.69, 9.17) is 16.3 Å². The van der Waals surface area contributed by atoms with E-state index in [2.05, 4.69) is 20.2 Å². The number of carbonyl (C=O) groups is 1. The van der Waals surface area contributed by atoms with E-state index in [1.807, 2.05) is 38.2 Å². The Morgan fingerprint density at radius 2 is 2.03 bits per heavy atom. The molecule has 154 valence electrons. The van der Waals surface area contributed by atoms with E-state index in [1.165, 1.54) is 0 Å². The quantitative estimate of drug-likeness (QED) is 0.645. The Labute approximate surface area is 180 Å². The molecule has 6 nitrogen and oxygen atoms in total. The molecule has 1 aliphatic heterocycles. The maximum absolute atomic E-state index is 12.7. The van der Waals surface area contributed by atoms with Crippen molar-refractivity contribution in [3.63, 3.8) is 0 Å². The van der Waals surface area contributed by atoms with Crippen molar-refractivity contribution in [1.82, 2.24) is 20.2 Å². The number of aryl methyl sites for hydroxylation is 1. The van der Waals surface area contributed by atoms with Crippen LogP contribution in [0.15, 0.2) is 55.0 Å². The largest absolute Gasteiger partial charge is 0.456 e. The Morgan fingerprint density at radius 3 is 2.77 bits per heavy atom. The Balaban J connectivity index is 1.54. The molecule has 30 heavy (non-hydrogen) atoms. The summed E-state index contributed by atoms with van der Waals surface area (Å²) in [6.07, 6.45) is 5.61. The smallest absolute Gasteiger partial charge is 0.251 e. The highest BCUT2D eigenvalue weighted by Crippen LogP contribution is 2.28. The van der Waals surface area contributed by atoms with Gasteiger partial charge in [0.1, 0.15) is 11.5 Å². The topological polar surface area (TPSA) is 67.3 Å². The van der Waals surface area contributed by atoms with Crippen LogP contribution < -0.4 is 10.1 Å². The van der Waals surface area contributed by atoms with Gasteiger partial charge < -0.3 is 15.0 Å². The molecule has 1 amide bonds. The number of hydrogen-bond acceptors (Lipinski definition) is 5. The van der Waals surface area contributed by atoms with Gasteiger partial charge in [0.2, 0.25) is 0 Å². The van der Waals surface area contributed by atoms with Gasteiger partial charge in [-0.05, 0) is 37.2 Å². The number of carbonyl (C=O) groups excluding carboxylic acids is 1. The lowest BCUT2D eigenvalue weighted by Crippen LogP contribution is -2.57. The van der Waals surface area contributed by atoms with E-state index >= 15 is 0 Å². The fourth-order valence-electron chi connectivity index (χ4n) is 3.54. The number of ether oxygens (including phenoxy) is 1. The van der Waals surface area contributed by atoms with Crippen molar-refractivity contribution in [1.29, 1.82) is 0 Å². The van der Waals surface area contributed by atoms with Crippen LogP contribution in [0, 0.1) is 0 Å². The minimum atomic E-state index is -0.0185. The Morgan fingerprint density at radius 1 is 1.20 bits per heavy atom. The van der Waals surface area contributed by atoms with E-state index in [-0.39, 0.29) is 11.9 Å². The number of pyridine rings is 2. The van der Waals surface area contributed by atoms with Crippen LogP contribution in [-0.2, 0) is 6.42 Å². The molecule has 1 aliphatic rings. The Bertz CT molecular complexity index is 1070. The van der Waals surface area contributed by atoms with Crippen molar-refractivity contribution in [2.45, 2.75) is 19.4 Å². The van der Waals surface area contributed by atoms with Gasteiger partial charge in [-0.25, -0.2) is 0 Å². The number of rotatable bonds is 6. The van der Waals surface area contributed by atoms with Crippen LogP contribution in [0.2, 0.25) is 5.02 Å². The lowest BCUT2D eigenvalue weighted by atomic mass is 9.98. The number of halogens is 1. The number of likely N-dealkylation sites (N-methyl/N-ethyl adjacent to an activating group) is 1. The summed E-state index contributed by atoms with van der Waals surface area (Å²) in [5, 5.41) is 3.62. The van der Waals surface area contributed by atoms with Gasteiger partial charge in [0.25, 0.3) is 5.91 Å².